The van der Waals surface area contributed by atoms with Gasteiger partial charge < -0.3 is 5.32 Å². The van der Waals surface area contributed by atoms with E-state index in [1.807, 2.05) is 0 Å². The zero-order valence-electron chi connectivity index (χ0n) is 12.1. The molecule has 0 saturated heterocycles. The molecule has 2 saturated carbocycles. The van der Waals surface area contributed by atoms with E-state index in [1.54, 1.807) is 0 Å². The lowest BCUT2D eigenvalue weighted by molar-refractivity contribution is 0.213. The van der Waals surface area contributed by atoms with Crippen molar-refractivity contribution in [1.82, 2.24) is 5.32 Å². The summed E-state index contributed by atoms with van der Waals surface area (Å²) in [4.78, 5) is 0. The molecule has 1 nitrogen and oxygen atoms in total. The first kappa shape index (κ1) is 13.2. The lowest BCUT2D eigenvalue weighted by Gasteiger charge is -2.38. The van der Waals surface area contributed by atoms with Crippen LogP contribution in [-0.2, 0) is 0 Å². The van der Waals surface area contributed by atoms with Gasteiger partial charge in [-0.3, -0.25) is 0 Å². The quantitative estimate of drug-likeness (QED) is 0.845. The van der Waals surface area contributed by atoms with Crippen LogP contribution in [0.4, 0.5) is 0 Å². The molecule has 3 rings (SSSR count). The normalized spacial score (nSPS) is 34.8. The summed E-state index contributed by atoms with van der Waals surface area (Å²) in [6.45, 7) is 3.70. The van der Waals surface area contributed by atoms with Gasteiger partial charge in [0.15, 0.2) is 0 Å². The highest BCUT2D eigenvalue weighted by molar-refractivity contribution is 5.22. The van der Waals surface area contributed by atoms with Crippen molar-refractivity contribution >= 4 is 0 Å². The summed E-state index contributed by atoms with van der Waals surface area (Å²) >= 11 is 0. The SMILES string of the molecule is CC1CCCCC1CNC1CC(c2ccccc2)C1. The highest BCUT2D eigenvalue weighted by Gasteiger charge is 2.31. The van der Waals surface area contributed by atoms with Gasteiger partial charge in [-0.05, 0) is 49.1 Å². The average Bonchev–Trinajstić information content (AvgIpc) is 2.40. The van der Waals surface area contributed by atoms with Gasteiger partial charge in [-0.2, -0.15) is 0 Å². The highest BCUT2D eigenvalue weighted by Crippen LogP contribution is 2.37. The molecule has 0 aromatic heterocycles. The lowest BCUT2D eigenvalue weighted by atomic mass is 9.75. The standard InChI is InChI=1S/C18H27N/c1-14-7-5-6-10-16(14)13-19-18-11-17(12-18)15-8-3-2-4-9-15/h2-4,8-9,14,16-19H,5-7,10-13H2,1H3. The van der Waals surface area contributed by atoms with Crippen LogP contribution in [0.3, 0.4) is 0 Å². The number of rotatable bonds is 4. The second-order valence-corrected chi connectivity index (χ2v) is 6.71. The van der Waals surface area contributed by atoms with Crippen LogP contribution in [0.15, 0.2) is 30.3 Å². The molecule has 0 bridgehead atoms. The fourth-order valence-corrected chi connectivity index (χ4v) is 3.80. The maximum atomic E-state index is 3.82. The number of benzene rings is 1. The summed E-state index contributed by atoms with van der Waals surface area (Å²) in [6.07, 6.45) is 8.48. The van der Waals surface area contributed by atoms with Crippen molar-refractivity contribution in [2.45, 2.75) is 57.4 Å². The molecule has 1 N–H and O–H groups in total. The van der Waals surface area contributed by atoms with Gasteiger partial charge >= 0.3 is 0 Å². The van der Waals surface area contributed by atoms with Gasteiger partial charge in [-0.25, -0.2) is 0 Å². The summed E-state index contributed by atoms with van der Waals surface area (Å²) in [5.74, 6) is 2.68. The van der Waals surface area contributed by atoms with Crippen LogP contribution in [0.2, 0.25) is 0 Å². The van der Waals surface area contributed by atoms with E-state index in [-0.39, 0.29) is 0 Å². The fourth-order valence-electron chi connectivity index (χ4n) is 3.80. The monoisotopic (exact) mass is 257 g/mol. The average molecular weight is 257 g/mol. The van der Waals surface area contributed by atoms with Crippen LogP contribution >= 0.6 is 0 Å². The number of hydrogen-bond acceptors (Lipinski definition) is 1. The van der Waals surface area contributed by atoms with Gasteiger partial charge in [0.1, 0.15) is 0 Å². The summed E-state index contributed by atoms with van der Waals surface area (Å²) in [7, 11) is 0. The molecule has 2 aliphatic carbocycles. The third kappa shape index (κ3) is 3.20. The van der Waals surface area contributed by atoms with Crippen molar-refractivity contribution in [2.24, 2.45) is 11.8 Å². The second kappa shape index (κ2) is 6.09. The van der Waals surface area contributed by atoms with Crippen molar-refractivity contribution in [3.8, 4) is 0 Å². The van der Waals surface area contributed by atoms with E-state index in [9.17, 15) is 0 Å². The van der Waals surface area contributed by atoms with Crippen molar-refractivity contribution in [2.75, 3.05) is 6.54 Å². The maximum Gasteiger partial charge on any atom is 0.00788 e. The Morgan fingerprint density at radius 2 is 1.79 bits per heavy atom. The predicted molar refractivity (Wildman–Crippen MR) is 81.3 cm³/mol. The van der Waals surface area contributed by atoms with E-state index in [0.717, 1.165) is 23.8 Å². The molecule has 0 aliphatic heterocycles. The summed E-state index contributed by atoms with van der Waals surface area (Å²) in [5, 5.41) is 3.82. The number of nitrogens with one attached hydrogen (secondary N) is 1. The van der Waals surface area contributed by atoms with Crippen LogP contribution in [0.25, 0.3) is 0 Å². The molecule has 1 heteroatoms. The second-order valence-electron chi connectivity index (χ2n) is 6.71. The van der Waals surface area contributed by atoms with E-state index in [1.165, 1.54) is 50.6 Å². The Bertz CT molecular complexity index is 380. The van der Waals surface area contributed by atoms with Crippen molar-refractivity contribution in [1.29, 1.82) is 0 Å². The molecule has 2 aliphatic rings. The van der Waals surface area contributed by atoms with Crippen LogP contribution in [-0.4, -0.2) is 12.6 Å². The van der Waals surface area contributed by atoms with Crippen molar-refractivity contribution in [3.05, 3.63) is 35.9 Å². The van der Waals surface area contributed by atoms with Crippen LogP contribution in [0.1, 0.15) is 56.9 Å². The maximum absolute atomic E-state index is 3.82. The van der Waals surface area contributed by atoms with E-state index >= 15 is 0 Å². The first-order valence-corrected chi connectivity index (χ1v) is 8.11. The minimum Gasteiger partial charge on any atom is -0.314 e. The summed E-state index contributed by atoms with van der Waals surface area (Å²) in [5.41, 5.74) is 1.53. The smallest absolute Gasteiger partial charge is 0.00788 e. The Morgan fingerprint density at radius 3 is 2.53 bits per heavy atom. The Balaban J connectivity index is 1.40. The van der Waals surface area contributed by atoms with E-state index in [4.69, 9.17) is 0 Å². The minimum absolute atomic E-state index is 0.777. The lowest BCUT2D eigenvalue weighted by Crippen LogP contribution is -2.43. The third-order valence-electron chi connectivity index (χ3n) is 5.37. The van der Waals surface area contributed by atoms with E-state index in [2.05, 4.69) is 42.6 Å². The van der Waals surface area contributed by atoms with Gasteiger partial charge in [0.05, 0.1) is 0 Å². The third-order valence-corrected chi connectivity index (χ3v) is 5.37. The summed E-state index contributed by atoms with van der Waals surface area (Å²) < 4.78 is 0. The molecule has 0 amide bonds. The minimum atomic E-state index is 0.777. The molecule has 0 spiro atoms. The first-order chi connectivity index (χ1) is 9.33. The Labute approximate surface area is 117 Å². The number of hydrogen-bond donors (Lipinski definition) is 1. The molecule has 2 fully saturated rings. The molecular formula is C18H27N. The van der Waals surface area contributed by atoms with E-state index in [0.29, 0.717) is 0 Å². The molecule has 19 heavy (non-hydrogen) atoms. The fraction of sp³-hybridized carbons (Fsp3) is 0.667. The van der Waals surface area contributed by atoms with Gasteiger partial charge in [0, 0.05) is 6.04 Å². The highest BCUT2D eigenvalue weighted by atomic mass is 14.9. The molecule has 1 aromatic carbocycles. The largest absolute Gasteiger partial charge is 0.314 e. The van der Waals surface area contributed by atoms with Crippen LogP contribution in [0, 0.1) is 11.8 Å². The van der Waals surface area contributed by atoms with Crippen LogP contribution in [0.5, 0.6) is 0 Å². The topological polar surface area (TPSA) is 12.0 Å². The molecular weight excluding hydrogens is 230 g/mol. The van der Waals surface area contributed by atoms with Gasteiger partial charge in [0.2, 0.25) is 0 Å². The van der Waals surface area contributed by atoms with Gasteiger partial charge in [-0.1, -0.05) is 56.5 Å². The molecule has 1 aromatic rings. The van der Waals surface area contributed by atoms with Crippen LogP contribution < -0.4 is 5.32 Å². The molecule has 2 unspecified atom stereocenters. The molecule has 0 radical (unpaired) electrons. The van der Waals surface area contributed by atoms with Gasteiger partial charge in [-0.15, -0.1) is 0 Å². The van der Waals surface area contributed by atoms with Crippen molar-refractivity contribution in [3.63, 3.8) is 0 Å². The molecule has 2 atom stereocenters. The zero-order chi connectivity index (χ0) is 13.1. The molecule has 104 valence electrons. The zero-order valence-corrected chi connectivity index (χ0v) is 12.1. The first-order valence-electron chi connectivity index (χ1n) is 8.11. The summed E-state index contributed by atoms with van der Waals surface area (Å²) in [6, 6.07) is 11.8. The Hall–Kier alpha value is -0.820. The Kier molecular flexibility index (Phi) is 4.22. The van der Waals surface area contributed by atoms with Gasteiger partial charge in [0.25, 0.3) is 0 Å². The predicted octanol–water partition coefficient (Wildman–Crippen LogP) is 4.35. The molecule has 0 heterocycles. The Morgan fingerprint density at radius 1 is 1.05 bits per heavy atom. The van der Waals surface area contributed by atoms with Crippen molar-refractivity contribution < 1.29 is 0 Å². The van der Waals surface area contributed by atoms with E-state index < -0.39 is 0 Å².